The molecule has 0 radical (unpaired) electrons. The number of nitrogens with zero attached hydrogens (tertiary/aromatic N) is 2. The van der Waals surface area contributed by atoms with Crippen molar-refractivity contribution in [1.29, 1.82) is 0 Å². The zero-order chi connectivity index (χ0) is 23.5. The number of rotatable bonds is 7. The van der Waals surface area contributed by atoms with Gasteiger partial charge in [0.15, 0.2) is 10.2 Å². The van der Waals surface area contributed by atoms with Gasteiger partial charge in [-0.25, -0.2) is 0 Å². The first-order valence-corrected chi connectivity index (χ1v) is 12.3. The van der Waals surface area contributed by atoms with Crippen LogP contribution >= 0.6 is 24.0 Å². The minimum atomic E-state index is -0.128. The van der Waals surface area contributed by atoms with E-state index < -0.39 is 0 Å². The van der Waals surface area contributed by atoms with E-state index in [1.54, 1.807) is 18.9 Å². The van der Waals surface area contributed by atoms with E-state index in [1.807, 2.05) is 48.7 Å². The van der Waals surface area contributed by atoms with Gasteiger partial charge in [-0.1, -0.05) is 47.7 Å². The van der Waals surface area contributed by atoms with Crippen molar-refractivity contribution >= 4 is 29.1 Å². The number of aryl methyl sites for hydroxylation is 1. The molecule has 172 valence electrons. The van der Waals surface area contributed by atoms with Crippen LogP contribution in [0.25, 0.3) is 0 Å². The fraction of sp³-hybridized carbons (Fsp3) is 0.185. The number of nitrogens with one attached hydrogen (secondary N) is 1. The van der Waals surface area contributed by atoms with Gasteiger partial charge in [-0.3, -0.25) is 4.98 Å². The van der Waals surface area contributed by atoms with Crippen LogP contribution in [0.15, 0.2) is 99.5 Å². The van der Waals surface area contributed by atoms with E-state index in [9.17, 15) is 0 Å². The van der Waals surface area contributed by atoms with Gasteiger partial charge < -0.3 is 19.4 Å². The van der Waals surface area contributed by atoms with Crippen molar-refractivity contribution in [1.82, 2.24) is 15.2 Å². The number of aromatic nitrogens is 1. The van der Waals surface area contributed by atoms with Crippen molar-refractivity contribution in [2.45, 2.75) is 35.5 Å². The number of furan rings is 1. The predicted molar refractivity (Wildman–Crippen MR) is 138 cm³/mol. The largest absolute Gasteiger partial charge is 0.497 e. The molecular formula is C27H25N3O2S2. The summed E-state index contributed by atoms with van der Waals surface area (Å²) in [6.07, 6.45) is 1.81. The third kappa shape index (κ3) is 4.81. The number of benzene rings is 2. The Morgan fingerprint density at radius 1 is 1.03 bits per heavy atom. The number of pyridine rings is 1. The lowest BCUT2D eigenvalue weighted by Crippen LogP contribution is -2.29. The lowest BCUT2D eigenvalue weighted by molar-refractivity contribution is 0.254. The number of ether oxygens (including phenoxy) is 1. The SMILES string of the molecule is COc1ccc(CN2C(=S)N[C@@H](c3ccccn3)[C@@H]2c2ccc(Sc3ccc(C)cc3)o2)cc1. The van der Waals surface area contributed by atoms with Crippen molar-refractivity contribution < 1.29 is 9.15 Å². The molecule has 7 heteroatoms. The third-order valence-electron chi connectivity index (χ3n) is 5.84. The summed E-state index contributed by atoms with van der Waals surface area (Å²) in [5, 5.41) is 5.01. The van der Waals surface area contributed by atoms with Gasteiger partial charge in [0.25, 0.3) is 0 Å². The van der Waals surface area contributed by atoms with Crippen LogP contribution in [0, 0.1) is 6.92 Å². The summed E-state index contributed by atoms with van der Waals surface area (Å²) in [4.78, 5) is 7.92. The molecule has 1 saturated heterocycles. The van der Waals surface area contributed by atoms with Crippen molar-refractivity contribution in [3.05, 3.63) is 108 Å². The molecule has 5 rings (SSSR count). The molecule has 2 atom stereocenters. The monoisotopic (exact) mass is 487 g/mol. The van der Waals surface area contributed by atoms with Crippen LogP contribution in [0.3, 0.4) is 0 Å². The van der Waals surface area contributed by atoms with Gasteiger partial charge in [-0.15, -0.1) is 0 Å². The Morgan fingerprint density at radius 2 is 1.82 bits per heavy atom. The highest BCUT2D eigenvalue weighted by Gasteiger charge is 2.41. The Kier molecular flexibility index (Phi) is 6.56. The summed E-state index contributed by atoms with van der Waals surface area (Å²) in [7, 11) is 1.67. The molecule has 1 N–H and O–H groups in total. The molecule has 5 nitrogen and oxygen atoms in total. The second-order valence-corrected chi connectivity index (χ2v) is 9.64. The minimum absolute atomic E-state index is 0.115. The second kappa shape index (κ2) is 9.91. The van der Waals surface area contributed by atoms with Crippen LogP contribution in [-0.4, -0.2) is 22.1 Å². The van der Waals surface area contributed by atoms with E-state index in [4.69, 9.17) is 21.4 Å². The Morgan fingerprint density at radius 3 is 2.53 bits per heavy atom. The van der Waals surface area contributed by atoms with Crippen molar-refractivity contribution in [3.8, 4) is 5.75 Å². The molecular weight excluding hydrogens is 462 g/mol. The minimum Gasteiger partial charge on any atom is -0.497 e. The Labute approximate surface area is 209 Å². The van der Waals surface area contributed by atoms with Crippen LogP contribution < -0.4 is 10.1 Å². The second-order valence-electron chi connectivity index (χ2n) is 8.17. The molecule has 0 spiro atoms. The summed E-state index contributed by atoms with van der Waals surface area (Å²) >= 11 is 7.40. The molecule has 0 amide bonds. The summed E-state index contributed by atoms with van der Waals surface area (Å²) in [6, 6.07) is 26.3. The lowest BCUT2D eigenvalue weighted by atomic mass is 10.0. The number of hydrogen-bond donors (Lipinski definition) is 1. The predicted octanol–water partition coefficient (Wildman–Crippen LogP) is 6.32. The Hall–Kier alpha value is -3.29. The van der Waals surface area contributed by atoms with Crippen molar-refractivity contribution in [2.24, 2.45) is 0 Å². The van der Waals surface area contributed by atoms with Crippen LogP contribution in [0.2, 0.25) is 0 Å². The molecule has 0 bridgehead atoms. The lowest BCUT2D eigenvalue weighted by Gasteiger charge is -2.26. The van der Waals surface area contributed by atoms with Crippen LogP contribution in [-0.2, 0) is 6.54 Å². The first kappa shape index (κ1) is 22.5. The topological polar surface area (TPSA) is 50.5 Å². The van der Waals surface area contributed by atoms with Crippen molar-refractivity contribution in [3.63, 3.8) is 0 Å². The Bertz CT molecular complexity index is 1260. The smallest absolute Gasteiger partial charge is 0.170 e. The van der Waals surface area contributed by atoms with Crippen LogP contribution in [0.1, 0.15) is 34.7 Å². The van der Waals surface area contributed by atoms with E-state index >= 15 is 0 Å². The van der Waals surface area contributed by atoms with Gasteiger partial charge in [0, 0.05) is 17.6 Å². The number of thiocarbonyl (C=S) groups is 1. The maximum absolute atomic E-state index is 6.38. The zero-order valence-electron chi connectivity index (χ0n) is 19.0. The summed E-state index contributed by atoms with van der Waals surface area (Å²) < 4.78 is 11.7. The van der Waals surface area contributed by atoms with Crippen LogP contribution in [0.4, 0.5) is 0 Å². The fourth-order valence-corrected chi connectivity index (χ4v) is 5.17. The van der Waals surface area contributed by atoms with Gasteiger partial charge in [-0.05, 0) is 73.2 Å². The maximum atomic E-state index is 6.38. The third-order valence-corrected chi connectivity index (χ3v) is 7.12. The van der Waals surface area contributed by atoms with E-state index in [0.717, 1.165) is 32.8 Å². The average molecular weight is 488 g/mol. The van der Waals surface area contributed by atoms with Gasteiger partial charge in [0.05, 0.1) is 18.8 Å². The van der Waals surface area contributed by atoms with E-state index in [1.165, 1.54) is 5.56 Å². The molecule has 0 saturated carbocycles. The highest BCUT2D eigenvalue weighted by Crippen LogP contribution is 2.42. The normalized spacial score (nSPS) is 17.6. The zero-order valence-corrected chi connectivity index (χ0v) is 20.6. The quantitative estimate of drug-likeness (QED) is 0.306. The summed E-state index contributed by atoms with van der Waals surface area (Å²) in [5.74, 6) is 1.68. The Balaban J connectivity index is 1.45. The summed E-state index contributed by atoms with van der Waals surface area (Å²) in [5.41, 5.74) is 3.30. The van der Waals surface area contributed by atoms with Crippen LogP contribution in [0.5, 0.6) is 5.75 Å². The fourth-order valence-electron chi connectivity index (χ4n) is 4.08. The molecule has 1 fully saturated rings. The standard InChI is InChI=1S/C27H25N3O2S2/c1-18-6-12-21(13-7-18)34-24-15-14-23(32-24)26-25(22-5-3-4-16-28-22)29-27(33)30(26)17-19-8-10-20(31-2)11-9-19/h3-16,25-26H,17H2,1-2H3,(H,29,33)/t25-,26-/m0/s1. The molecule has 1 aliphatic heterocycles. The molecule has 0 aliphatic carbocycles. The van der Waals surface area contributed by atoms with Gasteiger partial charge >= 0.3 is 0 Å². The molecule has 2 aromatic heterocycles. The molecule has 2 aromatic carbocycles. The molecule has 34 heavy (non-hydrogen) atoms. The van der Waals surface area contributed by atoms with Gasteiger partial charge in [0.1, 0.15) is 17.6 Å². The van der Waals surface area contributed by atoms with Crippen molar-refractivity contribution in [2.75, 3.05) is 7.11 Å². The first-order chi connectivity index (χ1) is 16.6. The average Bonchev–Trinajstić information content (AvgIpc) is 3.45. The van der Waals surface area contributed by atoms with E-state index in [2.05, 4.69) is 58.5 Å². The maximum Gasteiger partial charge on any atom is 0.170 e. The molecule has 0 unspecified atom stereocenters. The molecule has 1 aliphatic rings. The number of hydrogen-bond acceptors (Lipinski definition) is 5. The highest BCUT2D eigenvalue weighted by molar-refractivity contribution is 7.99. The van der Waals surface area contributed by atoms with E-state index in [-0.39, 0.29) is 12.1 Å². The molecule has 4 aromatic rings. The van der Waals surface area contributed by atoms with Gasteiger partial charge in [-0.2, -0.15) is 0 Å². The van der Waals surface area contributed by atoms with Gasteiger partial charge in [0.2, 0.25) is 0 Å². The summed E-state index contributed by atoms with van der Waals surface area (Å²) in [6.45, 7) is 2.73. The van der Waals surface area contributed by atoms with E-state index in [0.29, 0.717) is 11.7 Å². The highest BCUT2D eigenvalue weighted by atomic mass is 32.2. The molecule has 3 heterocycles. The number of methoxy groups -OCH3 is 1. The first-order valence-electron chi connectivity index (χ1n) is 11.1.